The van der Waals surface area contributed by atoms with Crippen molar-refractivity contribution >= 4 is 7.12 Å². The minimum Gasteiger partial charge on any atom is -0.427 e. The summed E-state index contributed by atoms with van der Waals surface area (Å²) >= 11 is 0. The normalized spacial score (nSPS) is 14.6. The van der Waals surface area contributed by atoms with Gasteiger partial charge in [-0.1, -0.05) is 73.5 Å². The number of hydrogen-bond donors (Lipinski definition) is 5. The molecule has 3 atom stereocenters. The molecule has 2 aromatic rings. The Hall–Kier alpha value is -1.70. The van der Waals surface area contributed by atoms with Crippen LogP contribution in [0.2, 0.25) is 6.32 Å². The minimum atomic E-state index is -1.24. The molecular weight excluding hydrogens is 327 g/mol. The number of nitrogens with one attached hydrogen (secondary N) is 1. The molecule has 2 aromatic carbocycles. The van der Waals surface area contributed by atoms with Gasteiger partial charge in [0.15, 0.2) is 0 Å². The molecule has 26 heavy (non-hydrogen) atoms. The van der Waals surface area contributed by atoms with E-state index >= 15 is 0 Å². The van der Waals surface area contributed by atoms with Gasteiger partial charge >= 0.3 is 7.12 Å². The Labute approximate surface area is 156 Å². The Kier molecular flexibility index (Phi) is 8.81. The number of aliphatic hydroxyl groups excluding tert-OH is 1. The second-order valence-electron chi connectivity index (χ2n) is 6.68. The van der Waals surface area contributed by atoms with Crippen LogP contribution in [0.5, 0.6) is 0 Å². The number of hydrogen-bond acceptors (Lipinski definition) is 5. The fourth-order valence-electron chi connectivity index (χ4n) is 3.03. The highest BCUT2D eigenvalue weighted by atomic mass is 16.4. The third-order valence-electron chi connectivity index (χ3n) is 4.50. The maximum atomic E-state index is 10.9. The first kappa shape index (κ1) is 20.6. The van der Waals surface area contributed by atoms with Crippen LogP contribution >= 0.6 is 0 Å². The van der Waals surface area contributed by atoms with E-state index in [9.17, 15) is 5.11 Å². The first-order valence-corrected chi connectivity index (χ1v) is 9.21. The molecule has 0 aliphatic heterocycles. The van der Waals surface area contributed by atoms with E-state index < -0.39 is 13.2 Å². The van der Waals surface area contributed by atoms with E-state index in [1.54, 1.807) is 0 Å². The fourth-order valence-corrected chi connectivity index (χ4v) is 3.03. The third-order valence-corrected chi connectivity index (χ3v) is 4.50. The lowest BCUT2D eigenvalue weighted by Gasteiger charge is -2.26. The van der Waals surface area contributed by atoms with Crippen molar-refractivity contribution in [3.8, 4) is 0 Å². The maximum absolute atomic E-state index is 10.9. The topological polar surface area (TPSA) is 98.7 Å². The zero-order valence-corrected chi connectivity index (χ0v) is 15.0. The van der Waals surface area contributed by atoms with Crippen LogP contribution in [0, 0.1) is 0 Å². The van der Waals surface area contributed by atoms with E-state index in [0.717, 1.165) is 30.4 Å². The molecule has 0 heterocycles. The lowest BCUT2D eigenvalue weighted by molar-refractivity contribution is 0.127. The smallest absolute Gasteiger partial charge is 0.427 e. The van der Waals surface area contributed by atoms with E-state index in [-0.39, 0.29) is 12.1 Å². The van der Waals surface area contributed by atoms with E-state index in [4.69, 9.17) is 15.8 Å². The Morgan fingerprint density at radius 1 is 0.885 bits per heavy atom. The summed E-state index contributed by atoms with van der Waals surface area (Å²) in [6, 6.07) is 19.2. The van der Waals surface area contributed by atoms with Gasteiger partial charge in [-0.15, -0.1) is 0 Å². The largest absolute Gasteiger partial charge is 0.451 e. The summed E-state index contributed by atoms with van der Waals surface area (Å²) in [7, 11) is -1.24. The summed E-state index contributed by atoms with van der Waals surface area (Å²) < 4.78 is 0. The quantitative estimate of drug-likeness (QED) is 0.313. The first-order chi connectivity index (χ1) is 12.6. The molecule has 0 radical (unpaired) electrons. The van der Waals surface area contributed by atoms with Crippen LogP contribution in [0.25, 0.3) is 0 Å². The van der Waals surface area contributed by atoms with Gasteiger partial charge in [-0.05, 0) is 23.9 Å². The number of aliphatic hydroxyl groups is 1. The number of unbranched alkanes of at least 4 members (excludes halogenated alkanes) is 1. The lowest BCUT2D eigenvalue weighted by Crippen LogP contribution is -2.38. The van der Waals surface area contributed by atoms with Crippen molar-refractivity contribution in [2.24, 2.45) is 5.73 Å². The van der Waals surface area contributed by atoms with Crippen LogP contribution in [-0.2, 0) is 0 Å². The molecule has 0 aliphatic carbocycles. The summed E-state index contributed by atoms with van der Waals surface area (Å²) in [4.78, 5) is 0. The Bertz CT molecular complexity index is 613. The van der Waals surface area contributed by atoms with Gasteiger partial charge < -0.3 is 26.2 Å². The van der Waals surface area contributed by atoms with Gasteiger partial charge in [-0.25, -0.2) is 0 Å². The highest BCUT2D eigenvalue weighted by Gasteiger charge is 2.22. The van der Waals surface area contributed by atoms with E-state index in [1.165, 1.54) is 0 Å². The highest BCUT2D eigenvalue weighted by molar-refractivity contribution is 6.40. The Balaban J connectivity index is 1.95. The molecule has 6 N–H and O–H groups in total. The molecule has 0 bridgehead atoms. The summed E-state index contributed by atoms with van der Waals surface area (Å²) in [6.07, 6.45) is 2.08. The van der Waals surface area contributed by atoms with Crippen LogP contribution in [-0.4, -0.2) is 34.9 Å². The van der Waals surface area contributed by atoms with Crippen LogP contribution in [0.3, 0.4) is 0 Å². The Morgan fingerprint density at radius 2 is 1.46 bits per heavy atom. The molecule has 0 fully saturated rings. The van der Waals surface area contributed by atoms with Crippen LogP contribution in [0.4, 0.5) is 0 Å². The second-order valence-corrected chi connectivity index (χ2v) is 6.68. The standard InChI is InChI=1S/C20H29BN2O3/c22-18(13-7-8-14-21(25)26)15-23-19(16-9-3-1-4-10-16)20(24)17-11-5-2-6-12-17/h1-6,9-12,18-20,23-26H,7-8,13-15,22H2. The van der Waals surface area contributed by atoms with Crippen molar-refractivity contribution in [3.05, 3.63) is 71.8 Å². The zero-order valence-electron chi connectivity index (χ0n) is 15.0. The van der Waals surface area contributed by atoms with Crippen LogP contribution in [0.15, 0.2) is 60.7 Å². The molecule has 0 saturated carbocycles. The van der Waals surface area contributed by atoms with E-state index in [1.807, 2.05) is 60.7 Å². The zero-order chi connectivity index (χ0) is 18.8. The molecule has 0 amide bonds. The first-order valence-electron chi connectivity index (χ1n) is 9.21. The fraction of sp³-hybridized carbons (Fsp3) is 0.400. The minimum absolute atomic E-state index is 0.0555. The molecule has 0 aromatic heterocycles. The SMILES string of the molecule is NC(CCCCB(O)O)CNC(c1ccccc1)C(O)c1ccccc1. The molecule has 0 spiro atoms. The monoisotopic (exact) mass is 356 g/mol. The summed E-state index contributed by atoms with van der Waals surface area (Å²) in [6.45, 7) is 0.575. The van der Waals surface area contributed by atoms with Crippen LogP contribution < -0.4 is 11.1 Å². The molecule has 3 unspecified atom stereocenters. The van der Waals surface area contributed by atoms with Crippen molar-refractivity contribution in [3.63, 3.8) is 0 Å². The molecule has 5 nitrogen and oxygen atoms in total. The average Bonchev–Trinajstić information content (AvgIpc) is 2.66. The van der Waals surface area contributed by atoms with Gasteiger partial charge in [0.1, 0.15) is 0 Å². The van der Waals surface area contributed by atoms with Gasteiger partial charge in [-0.2, -0.15) is 0 Å². The molecule has 140 valence electrons. The summed E-state index contributed by atoms with van der Waals surface area (Å²) in [5.74, 6) is 0. The molecular formula is C20H29BN2O3. The highest BCUT2D eigenvalue weighted by Crippen LogP contribution is 2.28. The van der Waals surface area contributed by atoms with E-state index in [0.29, 0.717) is 12.9 Å². The molecule has 0 saturated heterocycles. The van der Waals surface area contributed by atoms with Crippen molar-refractivity contribution in [1.29, 1.82) is 0 Å². The predicted molar refractivity (Wildman–Crippen MR) is 105 cm³/mol. The molecule has 2 rings (SSSR count). The van der Waals surface area contributed by atoms with Crippen molar-refractivity contribution in [2.45, 2.75) is 43.8 Å². The van der Waals surface area contributed by atoms with Crippen molar-refractivity contribution in [1.82, 2.24) is 5.32 Å². The summed E-state index contributed by atoms with van der Waals surface area (Å²) in [5, 5.41) is 32.0. The number of rotatable bonds is 11. The Morgan fingerprint density at radius 3 is 2.04 bits per heavy atom. The van der Waals surface area contributed by atoms with Gasteiger partial charge in [0.05, 0.1) is 12.1 Å². The maximum Gasteiger partial charge on any atom is 0.451 e. The molecule has 6 heteroatoms. The number of nitrogens with two attached hydrogens (primary N) is 1. The van der Waals surface area contributed by atoms with Crippen LogP contribution in [0.1, 0.15) is 42.5 Å². The summed E-state index contributed by atoms with van der Waals surface area (Å²) in [5.41, 5.74) is 8.06. The average molecular weight is 356 g/mol. The number of benzene rings is 2. The van der Waals surface area contributed by atoms with Crippen molar-refractivity contribution in [2.75, 3.05) is 6.54 Å². The van der Waals surface area contributed by atoms with Gasteiger partial charge in [0, 0.05) is 12.6 Å². The van der Waals surface area contributed by atoms with Gasteiger partial charge in [-0.3, -0.25) is 0 Å². The lowest BCUT2D eigenvalue weighted by atomic mass is 9.83. The van der Waals surface area contributed by atoms with Gasteiger partial charge in [0.25, 0.3) is 0 Å². The van der Waals surface area contributed by atoms with Gasteiger partial charge in [0.2, 0.25) is 0 Å². The van der Waals surface area contributed by atoms with Crippen molar-refractivity contribution < 1.29 is 15.2 Å². The predicted octanol–water partition coefficient (Wildman–Crippen LogP) is 2.02. The second kappa shape index (κ2) is 11.1. The third kappa shape index (κ3) is 6.90. The molecule has 0 aliphatic rings. The van der Waals surface area contributed by atoms with E-state index in [2.05, 4.69) is 5.32 Å².